The second-order valence-corrected chi connectivity index (χ2v) is 2.64. The van der Waals surface area contributed by atoms with Crippen molar-refractivity contribution in [1.29, 1.82) is 5.26 Å². The Kier molecular flexibility index (Phi) is 3.10. The van der Waals surface area contributed by atoms with Gasteiger partial charge in [0.15, 0.2) is 0 Å². The molecule has 0 unspecified atom stereocenters. The molecule has 0 N–H and O–H groups in total. The summed E-state index contributed by atoms with van der Waals surface area (Å²) in [7, 11) is 0. The van der Waals surface area contributed by atoms with E-state index in [4.69, 9.17) is 5.26 Å². The van der Waals surface area contributed by atoms with E-state index in [9.17, 15) is 0 Å². The summed E-state index contributed by atoms with van der Waals surface area (Å²) in [6, 6.07) is 9.76. The predicted molar refractivity (Wildman–Crippen MR) is 49.7 cm³/mol. The Labute approximate surface area is 73.0 Å². The molecule has 0 radical (unpaired) electrons. The van der Waals surface area contributed by atoms with Crippen molar-refractivity contribution in [2.24, 2.45) is 0 Å². The van der Waals surface area contributed by atoms with Gasteiger partial charge in [0, 0.05) is 0 Å². The number of nitriles is 1. The summed E-state index contributed by atoms with van der Waals surface area (Å²) in [5, 5.41) is 8.54. The summed E-state index contributed by atoms with van der Waals surface area (Å²) >= 11 is 0. The van der Waals surface area contributed by atoms with Gasteiger partial charge in [-0.05, 0) is 30.5 Å². The molecule has 0 fully saturated rings. The fourth-order valence-corrected chi connectivity index (χ4v) is 1.01. The van der Waals surface area contributed by atoms with Crippen molar-refractivity contribution < 1.29 is 0 Å². The molecule has 0 bridgehead atoms. The van der Waals surface area contributed by atoms with Crippen molar-refractivity contribution in [2.45, 2.75) is 12.8 Å². The number of allylic oxidation sites excluding steroid dienone is 1. The van der Waals surface area contributed by atoms with Gasteiger partial charge in [0.25, 0.3) is 0 Å². The SMILES string of the molecule is C=CCCc1ccc(C#N)cc1. The lowest BCUT2D eigenvalue weighted by molar-refractivity contribution is 1.00. The zero-order valence-corrected chi connectivity index (χ0v) is 6.96. The standard InChI is InChI=1S/C11H11N/c1-2-3-4-10-5-7-11(9-12)8-6-10/h2,5-8H,1,3-4H2. The highest BCUT2D eigenvalue weighted by atomic mass is 14.2. The smallest absolute Gasteiger partial charge is 0.0991 e. The van der Waals surface area contributed by atoms with Gasteiger partial charge >= 0.3 is 0 Å². The molecule has 0 aromatic heterocycles. The molecule has 1 nitrogen and oxygen atoms in total. The van der Waals surface area contributed by atoms with Crippen LogP contribution >= 0.6 is 0 Å². The number of hydrogen-bond donors (Lipinski definition) is 0. The number of aryl methyl sites for hydroxylation is 1. The van der Waals surface area contributed by atoms with Crippen LogP contribution in [0.4, 0.5) is 0 Å². The Morgan fingerprint density at radius 2 is 2.00 bits per heavy atom. The maximum atomic E-state index is 8.54. The lowest BCUT2D eigenvalue weighted by atomic mass is 10.1. The van der Waals surface area contributed by atoms with Crippen LogP contribution in [0.15, 0.2) is 36.9 Å². The zero-order chi connectivity index (χ0) is 8.81. The maximum absolute atomic E-state index is 8.54. The lowest BCUT2D eigenvalue weighted by Gasteiger charge is -1.96. The van der Waals surface area contributed by atoms with Gasteiger partial charge in [-0.15, -0.1) is 6.58 Å². The highest BCUT2D eigenvalue weighted by Gasteiger charge is 1.91. The van der Waals surface area contributed by atoms with Crippen molar-refractivity contribution in [3.63, 3.8) is 0 Å². The molecule has 0 aliphatic rings. The van der Waals surface area contributed by atoms with Crippen LogP contribution in [-0.2, 0) is 6.42 Å². The minimum Gasteiger partial charge on any atom is -0.192 e. The van der Waals surface area contributed by atoms with Crippen LogP contribution in [0.2, 0.25) is 0 Å². The van der Waals surface area contributed by atoms with E-state index in [0.717, 1.165) is 18.4 Å². The van der Waals surface area contributed by atoms with Crippen LogP contribution in [0, 0.1) is 11.3 Å². The van der Waals surface area contributed by atoms with Gasteiger partial charge in [-0.3, -0.25) is 0 Å². The third-order valence-corrected chi connectivity index (χ3v) is 1.72. The van der Waals surface area contributed by atoms with E-state index >= 15 is 0 Å². The molecule has 0 saturated heterocycles. The van der Waals surface area contributed by atoms with E-state index in [2.05, 4.69) is 12.6 Å². The lowest BCUT2D eigenvalue weighted by Crippen LogP contribution is -1.82. The average Bonchev–Trinajstić information content (AvgIpc) is 2.15. The van der Waals surface area contributed by atoms with Crippen molar-refractivity contribution in [2.75, 3.05) is 0 Å². The van der Waals surface area contributed by atoms with Crippen molar-refractivity contribution in [1.82, 2.24) is 0 Å². The monoisotopic (exact) mass is 157 g/mol. The molecule has 1 heteroatoms. The minimum atomic E-state index is 0.720. The normalized spacial score (nSPS) is 8.92. The van der Waals surface area contributed by atoms with Gasteiger partial charge in [-0.2, -0.15) is 5.26 Å². The Morgan fingerprint density at radius 3 is 2.50 bits per heavy atom. The van der Waals surface area contributed by atoms with Crippen LogP contribution in [0.3, 0.4) is 0 Å². The van der Waals surface area contributed by atoms with Crippen LogP contribution in [-0.4, -0.2) is 0 Å². The van der Waals surface area contributed by atoms with Gasteiger partial charge in [-0.1, -0.05) is 18.2 Å². The first-order valence-corrected chi connectivity index (χ1v) is 3.97. The van der Waals surface area contributed by atoms with E-state index in [1.54, 1.807) is 0 Å². The van der Waals surface area contributed by atoms with Crippen molar-refractivity contribution in [3.05, 3.63) is 48.0 Å². The summed E-state index contributed by atoms with van der Waals surface area (Å²) in [5.74, 6) is 0. The molecule has 1 aromatic carbocycles. The maximum Gasteiger partial charge on any atom is 0.0991 e. The number of benzene rings is 1. The van der Waals surface area contributed by atoms with Gasteiger partial charge in [0.2, 0.25) is 0 Å². The topological polar surface area (TPSA) is 23.8 Å². The van der Waals surface area contributed by atoms with Gasteiger partial charge < -0.3 is 0 Å². The first-order chi connectivity index (χ1) is 5.86. The third kappa shape index (κ3) is 2.25. The summed E-state index contributed by atoms with van der Waals surface area (Å²) in [5.41, 5.74) is 1.98. The first-order valence-electron chi connectivity index (χ1n) is 3.97. The fraction of sp³-hybridized carbons (Fsp3) is 0.182. The van der Waals surface area contributed by atoms with E-state index in [1.807, 2.05) is 30.3 Å². The molecule has 0 aliphatic carbocycles. The summed E-state index contributed by atoms with van der Waals surface area (Å²) in [6.07, 6.45) is 3.90. The quantitative estimate of drug-likeness (QED) is 0.619. The molecule has 0 spiro atoms. The van der Waals surface area contributed by atoms with Gasteiger partial charge in [0.1, 0.15) is 0 Å². The third-order valence-electron chi connectivity index (χ3n) is 1.72. The van der Waals surface area contributed by atoms with Crippen LogP contribution in [0.1, 0.15) is 17.5 Å². The Bertz CT molecular complexity index is 290. The van der Waals surface area contributed by atoms with E-state index in [1.165, 1.54) is 5.56 Å². The second-order valence-electron chi connectivity index (χ2n) is 2.64. The Morgan fingerprint density at radius 1 is 1.33 bits per heavy atom. The largest absolute Gasteiger partial charge is 0.192 e. The van der Waals surface area contributed by atoms with Gasteiger partial charge in [-0.25, -0.2) is 0 Å². The average molecular weight is 157 g/mol. The molecule has 1 rings (SSSR count). The number of hydrogen-bond acceptors (Lipinski definition) is 1. The van der Waals surface area contributed by atoms with E-state index < -0.39 is 0 Å². The fourth-order valence-electron chi connectivity index (χ4n) is 1.01. The molecule has 60 valence electrons. The second kappa shape index (κ2) is 4.35. The van der Waals surface area contributed by atoms with E-state index in [-0.39, 0.29) is 0 Å². The summed E-state index contributed by atoms with van der Waals surface area (Å²) in [6.45, 7) is 3.66. The van der Waals surface area contributed by atoms with Gasteiger partial charge in [0.05, 0.1) is 11.6 Å². The van der Waals surface area contributed by atoms with Crippen molar-refractivity contribution in [3.8, 4) is 6.07 Å². The number of rotatable bonds is 3. The Hall–Kier alpha value is -1.55. The highest BCUT2D eigenvalue weighted by molar-refractivity contribution is 5.31. The van der Waals surface area contributed by atoms with Crippen LogP contribution < -0.4 is 0 Å². The predicted octanol–water partition coefficient (Wildman–Crippen LogP) is 2.68. The van der Waals surface area contributed by atoms with Crippen LogP contribution in [0.5, 0.6) is 0 Å². The number of nitrogens with zero attached hydrogens (tertiary/aromatic N) is 1. The van der Waals surface area contributed by atoms with Crippen molar-refractivity contribution >= 4 is 0 Å². The highest BCUT2D eigenvalue weighted by Crippen LogP contribution is 2.05. The molecule has 12 heavy (non-hydrogen) atoms. The molecule has 0 atom stereocenters. The molecule has 0 heterocycles. The van der Waals surface area contributed by atoms with Crippen LogP contribution in [0.25, 0.3) is 0 Å². The molecular formula is C11H11N. The zero-order valence-electron chi connectivity index (χ0n) is 6.96. The molecule has 0 amide bonds. The first kappa shape index (κ1) is 8.55. The molecule has 0 aliphatic heterocycles. The molecular weight excluding hydrogens is 146 g/mol. The van der Waals surface area contributed by atoms with E-state index in [0.29, 0.717) is 0 Å². The minimum absolute atomic E-state index is 0.720. The molecule has 1 aromatic rings. The summed E-state index contributed by atoms with van der Waals surface area (Å²) < 4.78 is 0. The Balaban J connectivity index is 2.66. The summed E-state index contributed by atoms with van der Waals surface area (Å²) in [4.78, 5) is 0. The molecule has 0 saturated carbocycles.